The molecule has 1 saturated heterocycles. The maximum Gasteiger partial charge on any atom is 0.283 e. The van der Waals surface area contributed by atoms with Crippen LogP contribution < -0.4 is 9.64 Å². The number of aromatic hydroxyl groups is 1. The Morgan fingerprint density at radius 1 is 0.978 bits per heavy atom. The molecule has 0 bridgehead atoms. The van der Waals surface area contributed by atoms with Crippen molar-refractivity contribution in [1.29, 1.82) is 0 Å². The summed E-state index contributed by atoms with van der Waals surface area (Å²) in [5.74, 6) is -0.336. The summed E-state index contributed by atoms with van der Waals surface area (Å²) in [5, 5.41) is 24.8. The minimum absolute atomic E-state index is 0.0709. The summed E-state index contributed by atoms with van der Waals surface area (Å²) in [6, 6.07) is 17.9. The molecule has 0 amide bonds. The number of nitrogens with zero attached hydrogens (tertiary/aromatic N) is 5. The molecule has 0 spiro atoms. The Morgan fingerprint density at radius 3 is 2.50 bits per heavy atom. The number of aliphatic hydroxyl groups is 1. The van der Waals surface area contributed by atoms with Crippen LogP contribution in [0.25, 0.3) is 33.4 Å². The third-order valence-corrected chi connectivity index (χ3v) is 10.0. The average molecular weight is 646 g/mol. The van der Waals surface area contributed by atoms with Gasteiger partial charge in [-0.25, -0.2) is 4.39 Å². The zero-order valence-electron chi connectivity index (χ0n) is 25.7. The van der Waals surface area contributed by atoms with Crippen LogP contribution in [0.2, 0.25) is 0 Å². The van der Waals surface area contributed by atoms with Crippen molar-refractivity contribution in [2.75, 3.05) is 51.3 Å². The molecule has 12 heteroatoms. The van der Waals surface area contributed by atoms with Crippen LogP contribution >= 0.6 is 0 Å². The van der Waals surface area contributed by atoms with Gasteiger partial charge in [-0.15, -0.1) is 0 Å². The van der Waals surface area contributed by atoms with E-state index in [2.05, 4.69) is 26.9 Å². The first-order chi connectivity index (χ1) is 22.2. The lowest BCUT2D eigenvalue weighted by atomic mass is 10.0. The molecule has 0 unspecified atom stereocenters. The Labute approximate surface area is 267 Å². The first kappa shape index (κ1) is 31.5. The number of benzene rings is 3. The van der Waals surface area contributed by atoms with Gasteiger partial charge in [0.15, 0.2) is 0 Å². The zero-order valence-corrected chi connectivity index (χ0v) is 26.5. The van der Waals surface area contributed by atoms with Crippen molar-refractivity contribution in [3.05, 3.63) is 84.3 Å². The second-order valence-electron chi connectivity index (χ2n) is 11.4. The van der Waals surface area contributed by atoms with E-state index in [4.69, 9.17) is 4.74 Å². The molecule has 0 aliphatic carbocycles. The molecule has 10 nitrogen and oxygen atoms in total. The molecule has 3 heterocycles. The number of halogens is 1. The molecule has 46 heavy (non-hydrogen) atoms. The molecule has 5 aromatic rings. The third kappa shape index (κ3) is 6.03. The lowest BCUT2D eigenvalue weighted by molar-refractivity contribution is 0.252. The molecule has 0 atom stereocenters. The Kier molecular flexibility index (Phi) is 8.94. The van der Waals surface area contributed by atoms with Gasteiger partial charge in [0.2, 0.25) is 0 Å². The van der Waals surface area contributed by atoms with Crippen LogP contribution in [0, 0.1) is 12.7 Å². The Morgan fingerprint density at radius 2 is 1.76 bits per heavy atom. The number of fused-ring (bicyclic) bond motifs is 1. The number of piperazine rings is 1. The molecular weight excluding hydrogens is 609 g/mol. The molecule has 3 aromatic carbocycles. The van der Waals surface area contributed by atoms with Crippen LogP contribution in [0.1, 0.15) is 18.4 Å². The molecule has 1 aliphatic heterocycles. The minimum atomic E-state index is -4.16. The molecule has 0 saturated carbocycles. The van der Waals surface area contributed by atoms with E-state index in [1.807, 2.05) is 18.2 Å². The van der Waals surface area contributed by atoms with Gasteiger partial charge < -0.3 is 24.7 Å². The summed E-state index contributed by atoms with van der Waals surface area (Å²) in [5.41, 5.74) is 2.63. The Bertz CT molecular complexity index is 1970. The van der Waals surface area contributed by atoms with Gasteiger partial charge in [0.25, 0.3) is 10.0 Å². The summed E-state index contributed by atoms with van der Waals surface area (Å²) in [7, 11) is -2.08. The van der Waals surface area contributed by atoms with Crippen LogP contribution in [0.5, 0.6) is 11.5 Å². The van der Waals surface area contributed by atoms with Crippen molar-refractivity contribution in [2.24, 2.45) is 0 Å². The normalized spacial score (nSPS) is 14.2. The van der Waals surface area contributed by atoms with Gasteiger partial charge in [-0.3, -0.25) is 4.98 Å². The molecule has 6 rings (SSSR count). The highest BCUT2D eigenvalue weighted by Crippen LogP contribution is 2.39. The second kappa shape index (κ2) is 13.1. The highest BCUT2D eigenvalue weighted by molar-refractivity contribution is 7.90. The third-order valence-electron chi connectivity index (χ3n) is 8.27. The lowest BCUT2D eigenvalue weighted by Crippen LogP contribution is -2.44. The van der Waals surface area contributed by atoms with Crippen LogP contribution in [0.4, 0.5) is 10.1 Å². The minimum Gasteiger partial charge on any atom is -0.507 e. The van der Waals surface area contributed by atoms with Crippen LogP contribution in [0.3, 0.4) is 0 Å². The van der Waals surface area contributed by atoms with Crippen molar-refractivity contribution in [2.45, 2.75) is 24.7 Å². The van der Waals surface area contributed by atoms with Gasteiger partial charge in [-0.05, 0) is 68.8 Å². The number of phenols is 1. The number of likely N-dealkylation sites (N-methyl/N-ethyl adjacent to an activating group) is 1. The number of hydrogen-bond acceptors (Lipinski definition) is 9. The number of phenolic OH excluding ortho intramolecular Hbond substituents is 1. The quantitative estimate of drug-likeness (QED) is 0.201. The monoisotopic (exact) mass is 645 g/mol. The van der Waals surface area contributed by atoms with Crippen LogP contribution in [-0.2, 0) is 10.0 Å². The number of pyridine rings is 1. The Balaban J connectivity index is 1.54. The summed E-state index contributed by atoms with van der Waals surface area (Å²) in [4.78, 5) is 8.99. The van der Waals surface area contributed by atoms with Crippen molar-refractivity contribution >= 4 is 26.6 Å². The van der Waals surface area contributed by atoms with Gasteiger partial charge in [-0.1, -0.05) is 30.3 Å². The fourth-order valence-electron chi connectivity index (χ4n) is 5.71. The first-order valence-electron chi connectivity index (χ1n) is 15.2. The maximum absolute atomic E-state index is 14.9. The predicted molar refractivity (Wildman–Crippen MR) is 175 cm³/mol. The van der Waals surface area contributed by atoms with Crippen molar-refractivity contribution in [3.8, 4) is 34.0 Å². The summed E-state index contributed by atoms with van der Waals surface area (Å²) >= 11 is 0. The van der Waals surface area contributed by atoms with Crippen LogP contribution in [-0.4, -0.2) is 84.1 Å². The van der Waals surface area contributed by atoms with E-state index in [1.54, 1.807) is 31.2 Å². The van der Waals surface area contributed by atoms with Crippen molar-refractivity contribution in [3.63, 3.8) is 0 Å². The van der Waals surface area contributed by atoms with E-state index in [0.29, 0.717) is 47.4 Å². The van der Waals surface area contributed by atoms with Gasteiger partial charge >= 0.3 is 0 Å². The standard InChI is InChI=1S/C34H36FN5O5S/c1-23-8-3-4-11-32(23)46(43,44)40-29-22-36-27(33-26(35)9-7-10-30(33)42)21-25(29)34(37-40)24-12-13-28(39-16-14-38(2)15-17-39)31(20-24)45-19-6-5-18-41/h3-4,7-13,20-22,41-42H,5-6,14-19H2,1-2H3. The molecule has 0 radical (unpaired) electrons. The number of rotatable bonds is 10. The lowest BCUT2D eigenvalue weighted by Gasteiger charge is -2.35. The number of anilines is 1. The fourth-order valence-corrected chi connectivity index (χ4v) is 7.21. The number of aliphatic hydroxyl groups excluding tert-OH is 1. The fraction of sp³-hybridized carbons (Fsp3) is 0.294. The molecule has 2 aromatic heterocycles. The molecule has 2 N–H and O–H groups in total. The summed E-state index contributed by atoms with van der Waals surface area (Å²) < 4.78 is 50.3. The molecular formula is C34H36FN5O5S. The molecule has 1 fully saturated rings. The topological polar surface area (TPSA) is 121 Å². The Hall–Kier alpha value is -4.52. The number of aromatic nitrogens is 3. The van der Waals surface area contributed by atoms with Gasteiger partial charge in [-0.2, -0.15) is 17.6 Å². The first-order valence-corrected chi connectivity index (χ1v) is 16.6. The maximum atomic E-state index is 14.9. The number of unbranched alkanes of at least 4 members (excludes halogenated alkanes) is 1. The predicted octanol–water partition coefficient (Wildman–Crippen LogP) is 5.06. The second-order valence-corrected chi connectivity index (χ2v) is 13.2. The van der Waals surface area contributed by atoms with E-state index in [9.17, 15) is 23.0 Å². The van der Waals surface area contributed by atoms with E-state index < -0.39 is 15.8 Å². The highest BCUT2D eigenvalue weighted by Gasteiger charge is 2.27. The SMILES string of the molecule is Cc1ccccc1S(=O)(=O)n1nc(-c2ccc(N3CCN(C)CC3)c(OCCCCO)c2)c2cc(-c3c(O)cccc3F)ncc21. The van der Waals surface area contributed by atoms with E-state index in [-0.39, 0.29) is 34.0 Å². The molecule has 240 valence electrons. The summed E-state index contributed by atoms with van der Waals surface area (Å²) in [6.45, 7) is 5.61. The molecule has 1 aliphatic rings. The highest BCUT2D eigenvalue weighted by atomic mass is 32.2. The summed E-state index contributed by atoms with van der Waals surface area (Å²) in [6.07, 6.45) is 2.61. The van der Waals surface area contributed by atoms with E-state index in [1.165, 1.54) is 30.5 Å². The van der Waals surface area contributed by atoms with E-state index >= 15 is 0 Å². The van der Waals surface area contributed by atoms with Crippen molar-refractivity contribution < 1.29 is 27.8 Å². The van der Waals surface area contributed by atoms with Gasteiger partial charge in [0.05, 0.1) is 34.6 Å². The zero-order chi connectivity index (χ0) is 32.4. The van der Waals surface area contributed by atoms with Gasteiger partial charge in [0.1, 0.15) is 28.5 Å². The smallest absolute Gasteiger partial charge is 0.283 e. The average Bonchev–Trinajstić information content (AvgIpc) is 3.43. The number of aryl methyl sites for hydroxylation is 1. The largest absolute Gasteiger partial charge is 0.507 e. The number of hydrogen-bond donors (Lipinski definition) is 2. The number of ether oxygens (including phenoxy) is 1. The van der Waals surface area contributed by atoms with Gasteiger partial charge in [0, 0.05) is 43.7 Å². The van der Waals surface area contributed by atoms with Crippen LogP contribution in [0.15, 0.2) is 77.8 Å². The van der Waals surface area contributed by atoms with Crippen molar-refractivity contribution in [1.82, 2.24) is 19.1 Å². The van der Waals surface area contributed by atoms with E-state index in [0.717, 1.165) is 36.0 Å².